The Morgan fingerprint density at radius 2 is 2.16 bits per heavy atom. The Labute approximate surface area is 115 Å². The van der Waals surface area contributed by atoms with E-state index in [0.29, 0.717) is 18.5 Å². The fourth-order valence-corrected chi connectivity index (χ4v) is 2.57. The highest BCUT2D eigenvalue weighted by Crippen LogP contribution is 2.28. The van der Waals surface area contributed by atoms with Crippen LogP contribution in [0.1, 0.15) is 25.8 Å². The van der Waals surface area contributed by atoms with Crippen LogP contribution in [0.3, 0.4) is 0 Å². The molecule has 1 amide bonds. The van der Waals surface area contributed by atoms with Crippen molar-refractivity contribution in [1.82, 2.24) is 4.90 Å². The maximum absolute atomic E-state index is 12.1. The Morgan fingerprint density at radius 1 is 1.42 bits per heavy atom. The van der Waals surface area contributed by atoms with Gasteiger partial charge in [0.1, 0.15) is 0 Å². The Bertz CT molecular complexity index is 456. The van der Waals surface area contributed by atoms with Crippen LogP contribution in [0.25, 0.3) is 0 Å². The fraction of sp³-hybridized carbons (Fsp3) is 0.533. The van der Waals surface area contributed by atoms with Crippen molar-refractivity contribution in [3.8, 4) is 0 Å². The molecule has 4 nitrogen and oxygen atoms in total. The van der Waals surface area contributed by atoms with Crippen LogP contribution in [0.15, 0.2) is 24.3 Å². The summed E-state index contributed by atoms with van der Waals surface area (Å²) in [6, 6.07) is 7.68. The summed E-state index contributed by atoms with van der Waals surface area (Å²) in [6.07, 6.45) is 1.15. The first-order chi connectivity index (χ1) is 9.00. The molecule has 0 atom stereocenters. The van der Waals surface area contributed by atoms with E-state index in [1.54, 1.807) is 0 Å². The molecule has 4 heteroatoms. The molecule has 1 heterocycles. The highest BCUT2D eigenvalue weighted by atomic mass is 16.2. The van der Waals surface area contributed by atoms with E-state index in [1.165, 1.54) is 0 Å². The smallest absolute Gasteiger partial charge is 0.238 e. The zero-order valence-electron chi connectivity index (χ0n) is 11.8. The van der Waals surface area contributed by atoms with Gasteiger partial charge in [-0.05, 0) is 30.0 Å². The Morgan fingerprint density at radius 3 is 2.79 bits per heavy atom. The number of anilines is 1. The molecule has 0 aliphatic carbocycles. The summed E-state index contributed by atoms with van der Waals surface area (Å²) >= 11 is 0. The minimum Gasteiger partial charge on any atom is -0.326 e. The van der Waals surface area contributed by atoms with E-state index in [9.17, 15) is 4.79 Å². The number of nitrogens with zero attached hydrogens (tertiary/aromatic N) is 1. The molecule has 0 radical (unpaired) electrons. The topological polar surface area (TPSA) is 58.4 Å². The van der Waals surface area contributed by atoms with Gasteiger partial charge in [0.2, 0.25) is 5.91 Å². The minimum atomic E-state index is 0.0404. The van der Waals surface area contributed by atoms with Gasteiger partial charge in [-0.1, -0.05) is 32.0 Å². The van der Waals surface area contributed by atoms with E-state index in [-0.39, 0.29) is 5.91 Å². The lowest BCUT2D eigenvalue weighted by Gasteiger charge is -2.19. The number of nitrogens with two attached hydrogens (primary N) is 1. The average Bonchev–Trinajstić information content (AvgIpc) is 2.69. The maximum Gasteiger partial charge on any atom is 0.238 e. The summed E-state index contributed by atoms with van der Waals surface area (Å²) in [4.78, 5) is 14.3. The van der Waals surface area contributed by atoms with Crippen molar-refractivity contribution in [2.24, 2.45) is 11.1 Å². The van der Waals surface area contributed by atoms with Crippen LogP contribution < -0.4 is 11.1 Å². The Kier molecular flexibility index (Phi) is 4.22. The summed E-state index contributed by atoms with van der Waals surface area (Å²) < 4.78 is 0. The molecule has 0 spiro atoms. The van der Waals surface area contributed by atoms with E-state index in [4.69, 9.17) is 5.73 Å². The first kappa shape index (κ1) is 14.0. The van der Waals surface area contributed by atoms with Gasteiger partial charge >= 0.3 is 0 Å². The summed E-state index contributed by atoms with van der Waals surface area (Å²) in [5.74, 6) is 0.0404. The lowest BCUT2D eigenvalue weighted by atomic mass is 9.93. The molecule has 1 aromatic carbocycles. The van der Waals surface area contributed by atoms with Gasteiger partial charge in [0.25, 0.3) is 0 Å². The number of amides is 1. The molecule has 0 aromatic heterocycles. The zero-order chi connectivity index (χ0) is 13.9. The second-order valence-electron chi connectivity index (χ2n) is 6.03. The fourth-order valence-electron chi connectivity index (χ4n) is 2.57. The molecule has 0 unspecified atom stereocenters. The number of para-hydroxylation sites is 1. The maximum atomic E-state index is 12.1. The molecule has 1 saturated heterocycles. The van der Waals surface area contributed by atoms with Crippen LogP contribution in [0.5, 0.6) is 0 Å². The van der Waals surface area contributed by atoms with E-state index in [1.807, 2.05) is 24.3 Å². The third-order valence-electron chi connectivity index (χ3n) is 3.64. The van der Waals surface area contributed by atoms with Gasteiger partial charge in [-0.15, -0.1) is 0 Å². The molecule has 19 heavy (non-hydrogen) atoms. The van der Waals surface area contributed by atoms with Crippen molar-refractivity contribution in [1.29, 1.82) is 0 Å². The van der Waals surface area contributed by atoms with Gasteiger partial charge in [-0.3, -0.25) is 9.69 Å². The number of likely N-dealkylation sites (tertiary alicyclic amines) is 1. The SMILES string of the molecule is CC1(C)CCN(CC(=O)Nc2ccccc2CN)C1. The largest absolute Gasteiger partial charge is 0.326 e. The number of hydrogen-bond donors (Lipinski definition) is 2. The summed E-state index contributed by atoms with van der Waals surface area (Å²) in [5, 5.41) is 2.96. The quantitative estimate of drug-likeness (QED) is 0.869. The zero-order valence-corrected chi connectivity index (χ0v) is 11.8. The number of carbonyl (C=O) groups is 1. The van der Waals surface area contributed by atoms with Crippen molar-refractivity contribution in [2.45, 2.75) is 26.8 Å². The van der Waals surface area contributed by atoms with Crippen molar-refractivity contribution >= 4 is 11.6 Å². The van der Waals surface area contributed by atoms with Crippen LogP contribution in [-0.4, -0.2) is 30.4 Å². The molecular formula is C15H23N3O. The van der Waals surface area contributed by atoms with Gasteiger partial charge in [-0.25, -0.2) is 0 Å². The summed E-state index contributed by atoms with van der Waals surface area (Å²) in [6.45, 7) is 7.37. The lowest BCUT2D eigenvalue weighted by molar-refractivity contribution is -0.117. The van der Waals surface area contributed by atoms with Gasteiger partial charge in [-0.2, -0.15) is 0 Å². The summed E-state index contributed by atoms with van der Waals surface area (Å²) in [7, 11) is 0. The molecule has 1 fully saturated rings. The number of rotatable bonds is 4. The van der Waals surface area contributed by atoms with E-state index < -0.39 is 0 Å². The van der Waals surface area contributed by atoms with E-state index >= 15 is 0 Å². The molecule has 1 aromatic rings. The number of carbonyl (C=O) groups excluding carboxylic acids is 1. The Hall–Kier alpha value is -1.39. The van der Waals surface area contributed by atoms with Crippen LogP contribution in [0, 0.1) is 5.41 Å². The summed E-state index contributed by atoms with van der Waals surface area (Å²) in [5.41, 5.74) is 7.79. The van der Waals surface area contributed by atoms with Gasteiger partial charge in [0, 0.05) is 18.8 Å². The third kappa shape index (κ3) is 3.78. The van der Waals surface area contributed by atoms with E-state index in [2.05, 4.69) is 24.1 Å². The lowest BCUT2D eigenvalue weighted by Crippen LogP contribution is -2.32. The Balaban J connectivity index is 1.91. The van der Waals surface area contributed by atoms with Crippen LogP contribution >= 0.6 is 0 Å². The molecule has 2 rings (SSSR count). The minimum absolute atomic E-state index is 0.0404. The normalized spacial score (nSPS) is 18.5. The van der Waals surface area contributed by atoms with Crippen molar-refractivity contribution in [3.05, 3.63) is 29.8 Å². The van der Waals surface area contributed by atoms with Crippen molar-refractivity contribution in [3.63, 3.8) is 0 Å². The van der Waals surface area contributed by atoms with Crippen molar-refractivity contribution < 1.29 is 4.79 Å². The van der Waals surface area contributed by atoms with Crippen LogP contribution in [0.4, 0.5) is 5.69 Å². The first-order valence-electron chi connectivity index (χ1n) is 6.80. The van der Waals surface area contributed by atoms with Gasteiger partial charge in [0.05, 0.1) is 6.54 Å². The van der Waals surface area contributed by atoms with Crippen LogP contribution in [-0.2, 0) is 11.3 Å². The molecular weight excluding hydrogens is 238 g/mol. The number of nitrogens with one attached hydrogen (secondary N) is 1. The monoisotopic (exact) mass is 261 g/mol. The predicted octanol–water partition coefficient (Wildman–Crippen LogP) is 1.82. The predicted molar refractivity (Wildman–Crippen MR) is 77.8 cm³/mol. The van der Waals surface area contributed by atoms with Crippen LogP contribution in [0.2, 0.25) is 0 Å². The highest BCUT2D eigenvalue weighted by Gasteiger charge is 2.29. The second-order valence-corrected chi connectivity index (χ2v) is 6.03. The molecule has 0 bridgehead atoms. The molecule has 3 N–H and O–H groups in total. The van der Waals surface area contributed by atoms with Crippen molar-refractivity contribution in [2.75, 3.05) is 25.0 Å². The van der Waals surface area contributed by atoms with Gasteiger partial charge in [0.15, 0.2) is 0 Å². The molecule has 1 aliphatic rings. The number of benzene rings is 1. The first-order valence-corrected chi connectivity index (χ1v) is 6.80. The average molecular weight is 261 g/mol. The molecule has 1 aliphatic heterocycles. The second kappa shape index (κ2) is 5.72. The van der Waals surface area contributed by atoms with Gasteiger partial charge < -0.3 is 11.1 Å². The standard InChI is InChI=1S/C15H23N3O/c1-15(2)7-8-18(11-15)10-14(19)17-13-6-4-3-5-12(13)9-16/h3-6H,7-11,16H2,1-2H3,(H,17,19). The molecule has 104 valence electrons. The molecule has 0 saturated carbocycles. The number of hydrogen-bond acceptors (Lipinski definition) is 3. The van der Waals surface area contributed by atoms with E-state index in [0.717, 1.165) is 30.8 Å². The third-order valence-corrected chi connectivity index (χ3v) is 3.64. The highest BCUT2D eigenvalue weighted by molar-refractivity contribution is 5.93.